The average Bonchev–Trinajstić information content (AvgIpc) is 1.53. The third-order valence-electron chi connectivity index (χ3n) is 22.6. The summed E-state index contributed by atoms with van der Waals surface area (Å²) in [6.07, 6.45) is 0. The quantitative estimate of drug-likeness (QED) is 0.128. The standard InChI is InChI=1S/C102H62N10/c1-4-24-64(25-5-1)97-103-98(65-26-6-2-7-27-65)107-102(106-97)74-47-46-63-33-23-45-90(83(63)59-74)111-89-44-21-17-40-82(89)95-94(111)61-72-32-12-13-36-77(72)96(95)112-88-43-20-16-39-80(88)84-58-71(50-55-91(84)112)68-34-22-35-73(56-68)101-105-99(66-28-8-3-9-29-66)104-100(108-101)67-48-51-75(52-49-67)109-92-60-70-31-11-10-30-69(70)57-85(92)81-54-53-76(62-93(81)109)110-86-41-18-14-37-78(86)79-38-15-19-42-87(79)110/h1-62H. The Kier molecular flexibility index (Phi) is 14.1. The summed E-state index contributed by atoms with van der Waals surface area (Å²) in [7, 11) is 0. The van der Waals surface area contributed by atoms with Gasteiger partial charge in [-0.2, -0.15) is 0 Å². The first-order valence-electron chi connectivity index (χ1n) is 37.9. The minimum atomic E-state index is 0.583. The highest BCUT2D eigenvalue weighted by atomic mass is 15.1. The number of nitrogens with zero attached hydrogens (tertiary/aromatic N) is 10. The highest BCUT2D eigenvalue weighted by molar-refractivity contribution is 6.23. The number of rotatable bonds is 11. The molecule has 520 valence electrons. The van der Waals surface area contributed by atoms with Gasteiger partial charge < -0.3 is 18.3 Å². The maximum absolute atomic E-state index is 5.38. The van der Waals surface area contributed by atoms with Crippen molar-refractivity contribution in [3.63, 3.8) is 0 Å². The van der Waals surface area contributed by atoms with Gasteiger partial charge in [0.2, 0.25) is 0 Å². The minimum Gasteiger partial charge on any atom is -0.309 e. The van der Waals surface area contributed by atoms with Gasteiger partial charge in [-0.3, -0.25) is 0 Å². The lowest BCUT2D eigenvalue weighted by Crippen LogP contribution is -2.01. The van der Waals surface area contributed by atoms with Crippen LogP contribution in [0.3, 0.4) is 0 Å². The first-order chi connectivity index (χ1) is 55.5. The van der Waals surface area contributed by atoms with Crippen LogP contribution in [0.4, 0.5) is 0 Å². The second kappa shape index (κ2) is 25.2. The number of hydrogen-bond acceptors (Lipinski definition) is 6. The lowest BCUT2D eigenvalue weighted by Gasteiger charge is -2.16. The van der Waals surface area contributed by atoms with Crippen LogP contribution in [-0.2, 0) is 0 Å². The predicted molar refractivity (Wildman–Crippen MR) is 461 cm³/mol. The topological polar surface area (TPSA) is 97.1 Å². The van der Waals surface area contributed by atoms with Crippen molar-refractivity contribution in [2.75, 3.05) is 0 Å². The molecule has 17 aromatic carbocycles. The summed E-state index contributed by atoms with van der Waals surface area (Å²) >= 11 is 0. The van der Waals surface area contributed by atoms with E-state index in [2.05, 4.69) is 340 Å². The van der Waals surface area contributed by atoms with E-state index in [0.29, 0.717) is 34.9 Å². The summed E-state index contributed by atoms with van der Waals surface area (Å²) in [5.41, 5.74) is 20.8. The Hall–Kier alpha value is -15.3. The zero-order valence-corrected chi connectivity index (χ0v) is 60.3. The third-order valence-corrected chi connectivity index (χ3v) is 22.6. The fourth-order valence-corrected chi connectivity index (χ4v) is 17.4. The largest absolute Gasteiger partial charge is 0.309 e. The first-order valence-corrected chi connectivity index (χ1v) is 37.9. The predicted octanol–water partition coefficient (Wildman–Crippen LogP) is 25.6. The maximum atomic E-state index is 5.38. The minimum absolute atomic E-state index is 0.583. The molecule has 0 atom stereocenters. The zero-order valence-electron chi connectivity index (χ0n) is 60.3. The molecule has 0 spiro atoms. The van der Waals surface area contributed by atoms with E-state index >= 15 is 0 Å². The SMILES string of the molecule is c1ccc(-c2nc(-c3ccc(-n4c5cc(-n6c7ccccc7c7ccccc76)ccc5c5cc6ccccc6cc54)cc3)nc(-c3cccc(-c4ccc5c(c4)c4ccccc4n5-c4c5ccccc5cc5c4c4ccccc4n5-c4cccc5ccc(-c6nc(-c7ccccc7)nc(-c7ccccc7)n6)cc45)c3)n2)cc1. The highest BCUT2D eigenvalue weighted by Crippen LogP contribution is 2.47. The van der Waals surface area contributed by atoms with Crippen molar-refractivity contribution in [2.24, 2.45) is 0 Å². The molecule has 0 N–H and O–H groups in total. The number of benzene rings is 17. The van der Waals surface area contributed by atoms with Crippen LogP contribution in [-0.4, -0.2) is 48.2 Å². The van der Waals surface area contributed by atoms with Crippen LogP contribution in [0.1, 0.15) is 0 Å². The van der Waals surface area contributed by atoms with Crippen molar-refractivity contribution in [1.29, 1.82) is 0 Å². The van der Waals surface area contributed by atoms with Crippen LogP contribution in [0.2, 0.25) is 0 Å². The number of aromatic nitrogens is 10. The van der Waals surface area contributed by atoms with Crippen LogP contribution >= 0.6 is 0 Å². The van der Waals surface area contributed by atoms with Crippen LogP contribution in [0.15, 0.2) is 376 Å². The summed E-state index contributed by atoms with van der Waals surface area (Å²) < 4.78 is 9.80. The summed E-state index contributed by atoms with van der Waals surface area (Å²) in [6, 6.07) is 135. The van der Waals surface area contributed by atoms with Gasteiger partial charge in [-0.1, -0.05) is 267 Å². The lowest BCUT2D eigenvalue weighted by molar-refractivity contribution is 1.07. The molecule has 10 heteroatoms. The van der Waals surface area contributed by atoms with E-state index in [0.717, 1.165) is 143 Å². The molecule has 6 heterocycles. The molecule has 0 unspecified atom stereocenters. The Balaban J connectivity index is 0.642. The second-order valence-corrected chi connectivity index (χ2v) is 29.0. The van der Waals surface area contributed by atoms with Gasteiger partial charge in [0.1, 0.15) is 0 Å². The molecule has 0 amide bonds. The van der Waals surface area contributed by atoms with Crippen molar-refractivity contribution in [3.05, 3.63) is 376 Å². The normalized spacial score (nSPS) is 11.9. The molecule has 0 radical (unpaired) electrons. The van der Waals surface area contributed by atoms with Gasteiger partial charge in [-0.15, -0.1) is 0 Å². The molecular weight excluding hydrogens is 1370 g/mol. The molecule has 0 saturated carbocycles. The van der Waals surface area contributed by atoms with Gasteiger partial charge in [0, 0.05) is 98.6 Å². The molecule has 0 aliphatic heterocycles. The molecule has 0 aliphatic rings. The molecule has 10 nitrogen and oxygen atoms in total. The van der Waals surface area contributed by atoms with Crippen molar-refractivity contribution < 1.29 is 0 Å². The van der Waals surface area contributed by atoms with E-state index in [4.69, 9.17) is 29.9 Å². The van der Waals surface area contributed by atoms with Gasteiger partial charge in [-0.25, -0.2) is 29.9 Å². The Morgan fingerprint density at radius 2 is 0.536 bits per heavy atom. The van der Waals surface area contributed by atoms with Gasteiger partial charge in [0.15, 0.2) is 34.9 Å². The van der Waals surface area contributed by atoms with Crippen molar-refractivity contribution in [3.8, 4) is 102 Å². The van der Waals surface area contributed by atoms with Crippen LogP contribution < -0.4 is 0 Å². The van der Waals surface area contributed by atoms with Crippen LogP contribution in [0, 0.1) is 0 Å². The average molecular weight is 1430 g/mol. The van der Waals surface area contributed by atoms with Crippen molar-refractivity contribution >= 4 is 120 Å². The monoisotopic (exact) mass is 1430 g/mol. The smallest absolute Gasteiger partial charge is 0.164 e. The fourth-order valence-electron chi connectivity index (χ4n) is 17.4. The van der Waals surface area contributed by atoms with Gasteiger partial charge in [0.05, 0.1) is 55.5 Å². The zero-order chi connectivity index (χ0) is 73.5. The van der Waals surface area contributed by atoms with E-state index in [-0.39, 0.29) is 0 Å². The highest BCUT2D eigenvalue weighted by Gasteiger charge is 2.26. The lowest BCUT2D eigenvalue weighted by atomic mass is 10.00. The molecule has 0 bridgehead atoms. The molecule has 0 aliphatic carbocycles. The molecule has 23 aromatic rings. The summed E-state index contributed by atoms with van der Waals surface area (Å²) in [5.74, 6) is 3.61. The molecule has 0 fully saturated rings. The van der Waals surface area contributed by atoms with Gasteiger partial charge in [0.25, 0.3) is 0 Å². The maximum Gasteiger partial charge on any atom is 0.164 e. The number of hydrogen-bond donors (Lipinski definition) is 0. The van der Waals surface area contributed by atoms with E-state index in [1.807, 2.05) is 54.6 Å². The van der Waals surface area contributed by atoms with Gasteiger partial charge in [-0.05, 0) is 142 Å². The summed E-state index contributed by atoms with van der Waals surface area (Å²) in [5, 5.41) is 16.3. The number of fused-ring (bicyclic) bond motifs is 15. The van der Waals surface area contributed by atoms with E-state index in [1.165, 1.54) is 43.4 Å². The van der Waals surface area contributed by atoms with Crippen molar-refractivity contribution in [1.82, 2.24) is 48.2 Å². The van der Waals surface area contributed by atoms with Crippen molar-refractivity contribution in [2.45, 2.75) is 0 Å². The summed E-state index contributed by atoms with van der Waals surface area (Å²) in [4.78, 5) is 31.3. The van der Waals surface area contributed by atoms with Crippen LogP contribution in [0.5, 0.6) is 0 Å². The fraction of sp³-hybridized carbons (Fsp3) is 0. The molecule has 112 heavy (non-hydrogen) atoms. The Morgan fingerprint density at radius 3 is 1.16 bits per heavy atom. The molecule has 6 aromatic heterocycles. The Morgan fingerprint density at radius 1 is 0.161 bits per heavy atom. The molecule has 0 saturated heterocycles. The Bertz CT molecular complexity index is 7700. The summed E-state index contributed by atoms with van der Waals surface area (Å²) in [6.45, 7) is 0. The van der Waals surface area contributed by atoms with E-state index in [9.17, 15) is 0 Å². The van der Waals surface area contributed by atoms with E-state index < -0.39 is 0 Å². The third kappa shape index (κ3) is 10.1. The molecule has 23 rings (SSSR count). The van der Waals surface area contributed by atoms with E-state index in [1.54, 1.807) is 0 Å². The molecular formula is C102H62N10. The number of para-hydroxylation sites is 4. The second-order valence-electron chi connectivity index (χ2n) is 29.0. The first kappa shape index (κ1) is 62.9. The van der Waals surface area contributed by atoms with Crippen LogP contribution in [0.25, 0.3) is 222 Å². The Labute approximate surface area is 642 Å². The van der Waals surface area contributed by atoms with Gasteiger partial charge >= 0.3 is 0 Å².